The summed E-state index contributed by atoms with van der Waals surface area (Å²) >= 11 is 3.48. The second kappa shape index (κ2) is 7.48. The van der Waals surface area contributed by atoms with Crippen LogP contribution in [-0.2, 0) is 0 Å². The van der Waals surface area contributed by atoms with Crippen molar-refractivity contribution in [1.29, 1.82) is 0 Å². The second-order valence-corrected chi connectivity index (χ2v) is 8.13. The molecule has 0 bridgehead atoms. The molecule has 26 heavy (non-hydrogen) atoms. The van der Waals surface area contributed by atoms with Crippen LogP contribution in [0.15, 0.2) is 28.7 Å². The maximum absolute atomic E-state index is 13.1. The van der Waals surface area contributed by atoms with E-state index in [1.54, 1.807) is 4.68 Å². The van der Waals surface area contributed by atoms with Crippen LogP contribution in [0.25, 0.3) is 5.69 Å². The van der Waals surface area contributed by atoms with Gasteiger partial charge in [0.05, 0.1) is 11.4 Å². The van der Waals surface area contributed by atoms with E-state index in [1.165, 1.54) is 12.8 Å². The van der Waals surface area contributed by atoms with Crippen molar-refractivity contribution in [2.75, 3.05) is 26.2 Å². The van der Waals surface area contributed by atoms with Crippen LogP contribution in [-0.4, -0.2) is 62.9 Å². The van der Waals surface area contributed by atoms with Gasteiger partial charge in [-0.15, -0.1) is 5.10 Å². The number of hydrogen-bond donors (Lipinski definition) is 0. The van der Waals surface area contributed by atoms with Crippen molar-refractivity contribution in [1.82, 2.24) is 24.8 Å². The van der Waals surface area contributed by atoms with Gasteiger partial charge in [0.2, 0.25) is 0 Å². The first-order valence-corrected chi connectivity index (χ1v) is 10.1. The molecule has 0 N–H and O–H groups in total. The molecule has 2 aliphatic rings. The highest BCUT2D eigenvalue weighted by Crippen LogP contribution is 2.24. The number of carbonyl (C=O) groups excluding carboxylic acids is 1. The largest absolute Gasteiger partial charge is 0.333 e. The van der Waals surface area contributed by atoms with Gasteiger partial charge in [0.15, 0.2) is 5.69 Å². The Morgan fingerprint density at radius 3 is 2.81 bits per heavy atom. The number of halogens is 1. The Morgan fingerprint density at radius 2 is 2.04 bits per heavy atom. The first kappa shape index (κ1) is 17.7. The van der Waals surface area contributed by atoms with Crippen molar-refractivity contribution in [3.8, 4) is 5.69 Å². The Bertz CT molecular complexity index is 799. The lowest BCUT2D eigenvalue weighted by molar-refractivity contribution is 0.0702. The molecule has 1 atom stereocenters. The minimum Gasteiger partial charge on any atom is -0.333 e. The smallest absolute Gasteiger partial charge is 0.276 e. The summed E-state index contributed by atoms with van der Waals surface area (Å²) in [5.41, 5.74) is 2.16. The summed E-state index contributed by atoms with van der Waals surface area (Å²) in [7, 11) is 0. The van der Waals surface area contributed by atoms with Crippen LogP contribution in [0.3, 0.4) is 0 Å². The minimum atomic E-state index is 0.0189. The van der Waals surface area contributed by atoms with Crippen molar-refractivity contribution in [2.24, 2.45) is 0 Å². The Balaban J connectivity index is 1.54. The molecule has 0 saturated carbocycles. The maximum Gasteiger partial charge on any atom is 0.276 e. The molecular weight excluding hydrogens is 394 g/mol. The van der Waals surface area contributed by atoms with E-state index < -0.39 is 0 Å². The zero-order valence-electron chi connectivity index (χ0n) is 15.1. The van der Waals surface area contributed by atoms with Gasteiger partial charge in [-0.3, -0.25) is 4.79 Å². The highest BCUT2D eigenvalue weighted by atomic mass is 79.9. The molecule has 2 aromatic rings. The highest BCUT2D eigenvalue weighted by Gasteiger charge is 2.33. The minimum absolute atomic E-state index is 0.0189. The standard InChI is InChI=1S/C19H24BrN5O/c1-14-18(21-22-25(14)16-7-4-6-15(20)12-16)19(26)24-11-5-8-17(24)13-23-9-2-3-10-23/h4,6-7,12,17H,2-3,5,8-11,13H2,1H3. The number of aromatic nitrogens is 3. The topological polar surface area (TPSA) is 54.3 Å². The van der Waals surface area contributed by atoms with Gasteiger partial charge in [0.25, 0.3) is 5.91 Å². The van der Waals surface area contributed by atoms with E-state index >= 15 is 0 Å². The summed E-state index contributed by atoms with van der Waals surface area (Å²) in [6, 6.07) is 8.16. The van der Waals surface area contributed by atoms with Crippen molar-refractivity contribution >= 4 is 21.8 Å². The number of hydrogen-bond acceptors (Lipinski definition) is 4. The first-order valence-electron chi connectivity index (χ1n) is 9.35. The van der Waals surface area contributed by atoms with E-state index in [0.717, 1.165) is 54.9 Å². The molecule has 1 unspecified atom stereocenters. The van der Waals surface area contributed by atoms with Gasteiger partial charge in [0, 0.05) is 23.6 Å². The zero-order valence-corrected chi connectivity index (χ0v) is 16.7. The van der Waals surface area contributed by atoms with E-state index in [4.69, 9.17) is 0 Å². The lowest BCUT2D eigenvalue weighted by Crippen LogP contribution is -2.42. The average molecular weight is 418 g/mol. The van der Waals surface area contributed by atoms with Crippen LogP contribution in [0, 0.1) is 6.92 Å². The zero-order chi connectivity index (χ0) is 18.1. The predicted molar refractivity (Wildman–Crippen MR) is 104 cm³/mol. The fourth-order valence-corrected chi connectivity index (χ4v) is 4.46. The van der Waals surface area contributed by atoms with Crippen LogP contribution >= 0.6 is 15.9 Å². The molecule has 7 heteroatoms. The number of rotatable bonds is 4. The summed E-state index contributed by atoms with van der Waals surface area (Å²) in [6.07, 6.45) is 4.71. The molecule has 6 nitrogen and oxygen atoms in total. The average Bonchev–Trinajstić information content (AvgIpc) is 3.36. The van der Waals surface area contributed by atoms with Crippen molar-refractivity contribution < 1.29 is 4.79 Å². The van der Waals surface area contributed by atoms with Crippen LogP contribution in [0.5, 0.6) is 0 Å². The van der Waals surface area contributed by atoms with Gasteiger partial charge in [-0.25, -0.2) is 4.68 Å². The van der Waals surface area contributed by atoms with Crippen LogP contribution < -0.4 is 0 Å². The van der Waals surface area contributed by atoms with Crippen LogP contribution in [0.4, 0.5) is 0 Å². The molecule has 0 spiro atoms. The summed E-state index contributed by atoms with van der Waals surface area (Å²) in [5, 5.41) is 8.46. The molecule has 1 aromatic heterocycles. The third-order valence-corrected chi connectivity index (χ3v) is 5.95. The normalized spacial score (nSPS) is 20.8. The monoisotopic (exact) mass is 417 g/mol. The molecule has 2 aliphatic heterocycles. The van der Waals surface area contributed by atoms with Gasteiger partial charge in [-0.2, -0.15) is 0 Å². The summed E-state index contributed by atoms with van der Waals surface area (Å²) in [6.45, 7) is 6.05. The molecule has 1 amide bonds. The SMILES string of the molecule is Cc1c(C(=O)N2CCCC2CN2CCCC2)nnn1-c1cccc(Br)c1. The van der Waals surface area contributed by atoms with Gasteiger partial charge in [0.1, 0.15) is 0 Å². The van der Waals surface area contributed by atoms with E-state index in [0.29, 0.717) is 11.7 Å². The number of amides is 1. The predicted octanol–water partition coefficient (Wildman–Crippen LogP) is 3.04. The third kappa shape index (κ3) is 3.42. The van der Waals surface area contributed by atoms with Crippen LogP contribution in [0.1, 0.15) is 41.9 Å². The fraction of sp³-hybridized carbons (Fsp3) is 0.526. The van der Waals surface area contributed by atoms with Gasteiger partial charge >= 0.3 is 0 Å². The van der Waals surface area contributed by atoms with Gasteiger partial charge in [-0.05, 0) is 63.9 Å². The van der Waals surface area contributed by atoms with E-state index in [2.05, 4.69) is 31.1 Å². The van der Waals surface area contributed by atoms with Gasteiger partial charge in [-0.1, -0.05) is 27.2 Å². The molecule has 0 aliphatic carbocycles. The van der Waals surface area contributed by atoms with E-state index in [9.17, 15) is 4.79 Å². The highest BCUT2D eigenvalue weighted by molar-refractivity contribution is 9.10. The van der Waals surface area contributed by atoms with Crippen molar-refractivity contribution in [2.45, 2.75) is 38.6 Å². The Kier molecular flexibility index (Phi) is 5.09. The molecule has 1 aromatic carbocycles. The Labute approximate surface area is 162 Å². The van der Waals surface area contributed by atoms with E-state index in [1.807, 2.05) is 36.1 Å². The fourth-order valence-electron chi connectivity index (χ4n) is 4.07. The Morgan fingerprint density at radius 1 is 1.23 bits per heavy atom. The molecule has 0 radical (unpaired) electrons. The molecule has 3 heterocycles. The third-order valence-electron chi connectivity index (χ3n) is 5.46. The van der Waals surface area contributed by atoms with Gasteiger partial charge < -0.3 is 9.80 Å². The lowest BCUT2D eigenvalue weighted by atomic mass is 10.2. The first-order chi connectivity index (χ1) is 12.6. The molecule has 2 saturated heterocycles. The van der Waals surface area contributed by atoms with Crippen molar-refractivity contribution in [3.05, 3.63) is 40.1 Å². The molecule has 138 valence electrons. The summed E-state index contributed by atoms with van der Waals surface area (Å²) in [4.78, 5) is 17.6. The van der Waals surface area contributed by atoms with Crippen molar-refractivity contribution in [3.63, 3.8) is 0 Å². The van der Waals surface area contributed by atoms with E-state index in [-0.39, 0.29) is 5.91 Å². The lowest BCUT2D eigenvalue weighted by Gasteiger charge is -2.28. The Hall–Kier alpha value is -1.73. The number of carbonyl (C=O) groups is 1. The maximum atomic E-state index is 13.1. The number of likely N-dealkylation sites (tertiary alicyclic amines) is 2. The molecule has 2 fully saturated rings. The summed E-state index contributed by atoms with van der Waals surface area (Å²) in [5.74, 6) is 0.0189. The number of benzene rings is 1. The summed E-state index contributed by atoms with van der Waals surface area (Å²) < 4.78 is 2.71. The van der Waals surface area contributed by atoms with Crippen LogP contribution in [0.2, 0.25) is 0 Å². The number of nitrogens with zero attached hydrogens (tertiary/aromatic N) is 5. The molecular formula is C19H24BrN5O. The molecule has 4 rings (SSSR count). The quantitative estimate of drug-likeness (QED) is 0.766. The second-order valence-electron chi connectivity index (χ2n) is 7.22.